The number of hydrogen-bond acceptors (Lipinski definition) is 4. The Balaban J connectivity index is 1.61. The maximum Gasteiger partial charge on any atom is 0.244 e. The van der Waals surface area contributed by atoms with Crippen LogP contribution in [0.1, 0.15) is 44.1 Å². The van der Waals surface area contributed by atoms with Gasteiger partial charge in [-0.3, -0.25) is 4.79 Å². The molecule has 2 aromatic carbocycles. The molecule has 1 atom stereocenters. The highest BCUT2D eigenvalue weighted by atomic mass is 35.5. The van der Waals surface area contributed by atoms with Gasteiger partial charge in [0.05, 0.1) is 11.6 Å². The van der Waals surface area contributed by atoms with Crippen molar-refractivity contribution in [3.63, 3.8) is 0 Å². The van der Waals surface area contributed by atoms with Crippen LogP contribution < -0.4 is 4.74 Å². The van der Waals surface area contributed by atoms with Crippen LogP contribution in [0.4, 0.5) is 0 Å². The molecule has 2 saturated heterocycles. The topological polar surface area (TPSA) is 66.9 Å². The van der Waals surface area contributed by atoms with E-state index in [1.165, 1.54) is 16.4 Å². The van der Waals surface area contributed by atoms with Crippen LogP contribution in [0.2, 0.25) is 15.1 Å². The minimum Gasteiger partial charge on any atom is -0.493 e. The molecule has 2 aliphatic heterocycles. The van der Waals surface area contributed by atoms with Gasteiger partial charge in [0.1, 0.15) is 10.6 Å². The van der Waals surface area contributed by atoms with Gasteiger partial charge in [0.25, 0.3) is 0 Å². The second-order valence-corrected chi connectivity index (χ2v) is 13.0. The minimum atomic E-state index is -3.92. The number of halogens is 3. The van der Waals surface area contributed by atoms with E-state index in [0.717, 1.165) is 37.9 Å². The summed E-state index contributed by atoms with van der Waals surface area (Å²) in [5.41, 5.74) is 0.203. The molecule has 0 saturated carbocycles. The van der Waals surface area contributed by atoms with Crippen LogP contribution in [0.3, 0.4) is 0 Å². The van der Waals surface area contributed by atoms with Crippen molar-refractivity contribution in [3.8, 4) is 5.75 Å². The second-order valence-electron chi connectivity index (χ2n) is 9.83. The molecule has 0 aromatic heterocycles. The van der Waals surface area contributed by atoms with Crippen molar-refractivity contribution in [1.82, 2.24) is 9.21 Å². The van der Waals surface area contributed by atoms with Crippen molar-refractivity contribution in [2.45, 2.75) is 50.3 Å². The zero-order valence-corrected chi connectivity index (χ0v) is 23.4. The fourth-order valence-corrected chi connectivity index (χ4v) is 7.46. The Morgan fingerprint density at radius 3 is 2.42 bits per heavy atom. The Morgan fingerprint density at radius 2 is 1.69 bits per heavy atom. The lowest BCUT2D eigenvalue weighted by Gasteiger charge is -2.42. The molecule has 10 heteroatoms. The lowest BCUT2D eigenvalue weighted by Crippen LogP contribution is -2.51. The van der Waals surface area contributed by atoms with E-state index in [1.54, 1.807) is 18.2 Å². The Kier molecular flexibility index (Phi) is 8.78. The van der Waals surface area contributed by atoms with E-state index in [9.17, 15) is 13.2 Å². The van der Waals surface area contributed by atoms with Gasteiger partial charge in [0, 0.05) is 48.1 Å². The summed E-state index contributed by atoms with van der Waals surface area (Å²) < 4.78 is 34.9. The number of amides is 1. The summed E-state index contributed by atoms with van der Waals surface area (Å²) in [6.45, 7) is 4.09. The molecule has 2 aliphatic rings. The molecule has 196 valence electrons. The van der Waals surface area contributed by atoms with E-state index >= 15 is 0 Å². The number of piperidine rings is 2. The van der Waals surface area contributed by atoms with Gasteiger partial charge in [-0.2, -0.15) is 4.31 Å². The normalized spacial score (nSPS) is 21.4. The Hall–Kier alpha value is -1.51. The third-order valence-electron chi connectivity index (χ3n) is 7.05. The van der Waals surface area contributed by atoms with Crippen LogP contribution >= 0.6 is 34.8 Å². The molecule has 0 aliphatic carbocycles. The van der Waals surface area contributed by atoms with Crippen LogP contribution in [0.25, 0.3) is 0 Å². The summed E-state index contributed by atoms with van der Waals surface area (Å²) in [6, 6.07) is 9.84. The Bertz CT molecular complexity index is 1220. The highest BCUT2D eigenvalue weighted by Crippen LogP contribution is 2.39. The molecule has 0 N–H and O–H groups in total. The molecule has 0 unspecified atom stereocenters. The van der Waals surface area contributed by atoms with E-state index in [-0.39, 0.29) is 35.4 Å². The maximum absolute atomic E-state index is 13.6. The Morgan fingerprint density at radius 1 is 0.972 bits per heavy atom. The van der Waals surface area contributed by atoms with Crippen molar-refractivity contribution >= 4 is 50.7 Å². The van der Waals surface area contributed by atoms with Crippen LogP contribution in [0, 0.1) is 12.3 Å². The fraction of sp³-hybridized carbons (Fsp3) is 0.500. The maximum atomic E-state index is 13.6. The van der Waals surface area contributed by atoms with E-state index in [2.05, 4.69) is 0 Å². The van der Waals surface area contributed by atoms with Gasteiger partial charge in [-0.15, -0.1) is 0 Å². The molecule has 0 spiro atoms. The predicted molar refractivity (Wildman–Crippen MR) is 144 cm³/mol. The molecule has 4 rings (SSSR count). The summed E-state index contributed by atoms with van der Waals surface area (Å²) in [5.74, 6) is 0.685. The first-order valence-corrected chi connectivity index (χ1v) is 14.8. The van der Waals surface area contributed by atoms with Crippen LogP contribution in [0.5, 0.6) is 5.75 Å². The highest BCUT2D eigenvalue weighted by Gasteiger charge is 2.43. The van der Waals surface area contributed by atoms with E-state index in [1.807, 2.05) is 17.9 Å². The number of benzene rings is 2. The fourth-order valence-electron chi connectivity index (χ4n) is 5.01. The van der Waals surface area contributed by atoms with Gasteiger partial charge < -0.3 is 9.64 Å². The number of carbonyl (C=O) groups excluding carboxylic acids is 1. The molecular weight excluding hydrogens is 543 g/mol. The standard InChI is InChI=1S/C26H31Cl3N2O4S/c1-19-14-21(7-9-22(19)28)35-18-26(16-25(32)30-11-3-2-4-12-30)10-5-13-31(17-26)36(33,34)24-15-20(27)6-8-23(24)29/h6-9,14-15H,2-5,10-13,16-18H2,1H3/t26-/m1/s1. The number of nitrogens with zero attached hydrogens (tertiary/aromatic N) is 2. The molecule has 36 heavy (non-hydrogen) atoms. The van der Waals surface area contributed by atoms with Crippen molar-refractivity contribution in [3.05, 3.63) is 57.0 Å². The van der Waals surface area contributed by atoms with Gasteiger partial charge >= 0.3 is 0 Å². The number of ether oxygens (including phenoxy) is 1. The van der Waals surface area contributed by atoms with Crippen molar-refractivity contribution < 1.29 is 17.9 Å². The first-order chi connectivity index (χ1) is 17.1. The average Bonchev–Trinajstić information content (AvgIpc) is 2.87. The quantitative estimate of drug-likeness (QED) is 0.395. The number of likely N-dealkylation sites (tertiary alicyclic amines) is 1. The molecule has 2 fully saturated rings. The van der Waals surface area contributed by atoms with E-state index in [0.29, 0.717) is 35.2 Å². The summed E-state index contributed by atoms with van der Waals surface area (Å²) in [6.07, 6.45) is 4.61. The van der Waals surface area contributed by atoms with Crippen LogP contribution in [0.15, 0.2) is 41.3 Å². The zero-order valence-electron chi connectivity index (χ0n) is 20.3. The Labute approximate surface area is 228 Å². The van der Waals surface area contributed by atoms with Crippen molar-refractivity contribution in [2.24, 2.45) is 5.41 Å². The molecule has 2 heterocycles. The lowest BCUT2D eigenvalue weighted by molar-refractivity contribution is -0.136. The third-order valence-corrected chi connectivity index (χ3v) is 10.0. The first-order valence-electron chi connectivity index (χ1n) is 12.2. The third kappa shape index (κ3) is 6.30. The van der Waals surface area contributed by atoms with Crippen molar-refractivity contribution in [2.75, 3.05) is 32.8 Å². The molecule has 0 bridgehead atoms. The SMILES string of the molecule is Cc1cc(OC[C@@]2(CC(=O)N3CCCCC3)CCCN(S(=O)(=O)c3cc(Cl)ccc3Cl)C2)ccc1Cl. The minimum absolute atomic E-state index is 0.0240. The molecule has 6 nitrogen and oxygen atoms in total. The van der Waals surface area contributed by atoms with Crippen LogP contribution in [-0.4, -0.2) is 56.3 Å². The summed E-state index contributed by atoms with van der Waals surface area (Å²) in [5, 5.41) is 1.06. The monoisotopic (exact) mass is 572 g/mol. The number of sulfonamides is 1. The van der Waals surface area contributed by atoms with Crippen molar-refractivity contribution in [1.29, 1.82) is 0 Å². The number of hydrogen-bond donors (Lipinski definition) is 0. The molecular formula is C26H31Cl3N2O4S. The lowest BCUT2D eigenvalue weighted by atomic mass is 9.78. The molecule has 0 radical (unpaired) electrons. The number of aryl methyl sites for hydroxylation is 1. The van der Waals surface area contributed by atoms with Gasteiger partial charge in [-0.05, 0) is 81.0 Å². The number of rotatable bonds is 7. The largest absolute Gasteiger partial charge is 0.493 e. The summed E-state index contributed by atoms with van der Waals surface area (Å²) in [7, 11) is -3.92. The highest BCUT2D eigenvalue weighted by molar-refractivity contribution is 7.89. The summed E-state index contributed by atoms with van der Waals surface area (Å²) >= 11 is 18.5. The second kappa shape index (κ2) is 11.5. The molecule has 2 aromatic rings. The van der Waals surface area contributed by atoms with E-state index in [4.69, 9.17) is 39.5 Å². The van der Waals surface area contributed by atoms with Gasteiger partial charge in [-0.25, -0.2) is 8.42 Å². The van der Waals surface area contributed by atoms with Gasteiger partial charge in [0.15, 0.2) is 0 Å². The zero-order chi connectivity index (χ0) is 25.9. The number of carbonyl (C=O) groups is 1. The molecule has 1 amide bonds. The van der Waals surface area contributed by atoms with Gasteiger partial charge in [0.2, 0.25) is 15.9 Å². The smallest absolute Gasteiger partial charge is 0.244 e. The average molecular weight is 574 g/mol. The van der Waals surface area contributed by atoms with Crippen LogP contribution in [-0.2, 0) is 14.8 Å². The van der Waals surface area contributed by atoms with E-state index < -0.39 is 15.4 Å². The summed E-state index contributed by atoms with van der Waals surface area (Å²) in [4.78, 5) is 15.2. The van der Waals surface area contributed by atoms with Gasteiger partial charge in [-0.1, -0.05) is 34.8 Å². The predicted octanol–water partition coefficient (Wildman–Crippen LogP) is 6.21. The first kappa shape index (κ1) is 27.5.